The van der Waals surface area contributed by atoms with Crippen molar-refractivity contribution in [2.45, 2.75) is 75.5 Å². The van der Waals surface area contributed by atoms with E-state index in [0.29, 0.717) is 13.2 Å². The van der Waals surface area contributed by atoms with Crippen molar-refractivity contribution in [1.29, 1.82) is 0 Å². The molecule has 1 aliphatic heterocycles. The first-order valence-corrected chi connectivity index (χ1v) is 8.70. The van der Waals surface area contributed by atoms with Crippen LogP contribution in [0.5, 0.6) is 0 Å². The van der Waals surface area contributed by atoms with Gasteiger partial charge in [-0.3, -0.25) is 0 Å². The van der Waals surface area contributed by atoms with Crippen LogP contribution in [0.3, 0.4) is 0 Å². The lowest BCUT2D eigenvalue weighted by Crippen LogP contribution is -2.61. The Morgan fingerprint density at radius 2 is 2.04 bits per heavy atom. The molecule has 5 heteroatoms. The minimum atomic E-state index is -1.31. The highest BCUT2D eigenvalue weighted by Gasteiger charge is 2.66. The molecule has 3 aliphatic rings. The fourth-order valence-corrected chi connectivity index (χ4v) is 4.47. The SMILES string of the molecule is CO[C@@H]1[C@H](O)[C@@H](F)C[C@]2(CO2)[C@H]1C(C)(C)OCC=C1CCCC1. The smallest absolute Gasteiger partial charge is 0.131 e. The third-order valence-corrected chi connectivity index (χ3v) is 5.75. The molecule has 3 rings (SSSR count). The summed E-state index contributed by atoms with van der Waals surface area (Å²) in [5.41, 5.74) is 0.353. The third kappa shape index (κ3) is 3.34. The fraction of sp³-hybridized carbons (Fsp3) is 0.889. The van der Waals surface area contributed by atoms with Gasteiger partial charge in [0.25, 0.3) is 0 Å². The Morgan fingerprint density at radius 3 is 2.61 bits per heavy atom. The number of allylic oxidation sites excluding steroid dienone is 1. The summed E-state index contributed by atoms with van der Waals surface area (Å²) in [5.74, 6) is -0.191. The number of aliphatic hydroxyl groups is 1. The molecule has 2 saturated carbocycles. The van der Waals surface area contributed by atoms with Gasteiger partial charge in [-0.2, -0.15) is 0 Å². The van der Waals surface area contributed by atoms with Crippen molar-refractivity contribution in [3.63, 3.8) is 0 Å². The Hall–Kier alpha value is -0.490. The summed E-state index contributed by atoms with van der Waals surface area (Å²) < 4.78 is 31.4. The van der Waals surface area contributed by atoms with Crippen molar-refractivity contribution in [3.05, 3.63) is 11.6 Å². The summed E-state index contributed by atoms with van der Waals surface area (Å²) in [6.45, 7) is 5.04. The molecule has 0 aromatic carbocycles. The molecule has 0 bridgehead atoms. The van der Waals surface area contributed by atoms with Crippen molar-refractivity contribution >= 4 is 0 Å². The van der Waals surface area contributed by atoms with Gasteiger partial charge in [-0.1, -0.05) is 11.6 Å². The molecule has 23 heavy (non-hydrogen) atoms. The van der Waals surface area contributed by atoms with E-state index < -0.39 is 29.6 Å². The number of methoxy groups -OCH3 is 1. The average Bonchev–Trinajstić information content (AvgIpc) is 3.04. The predicted octanol–water partition coefficient (Wildman–Crippen LogP) is 2.78. The molecule has 0 radical (unpaired) electrons. The summed E-state index contributed by atoms with van der Waals surface area (Å²) in [6, 6.07) is 0. The average molecular weight is 328 g/mol. The lowest BCUT2D eigenvalue weighted by Gasteiger charge is -2.47. The predicted molar refractivity (Wildman–Crippen MR) is 85.1 cm³/mol. The van der Waals surface area contributed by atoms with E-state index in [-0.39, 0.29) is 12.3 Å². The molecule has 1 heterocycles. The molecule has 0 amide bonds. The van der Waals surface area contributed by atoms with Gasteiger partial charge < -0.3 is 19.3 Å². The zero-order valence-electron chi connectivity index (χ0n) is 14.4. The van der Waals surface area contributed by atoms with Gasteiger partial charge >= 0.3 is 0 Å². The number of rotatable bonds is 5. The Kier molecular flexibility index (Phi) is 4.85. The molecule has 5 atom stereocenters. The van der Waals surface area contributed by atoms with E-state index in [1.807, 2.05) is 13.8 Å². The summed E-state index contributed by atoms with van der Waals surface area (Å²) in [5, 5.41) is 10.2. The third-order valence-electron chi connectivity index (χ3n) is 5.75. The summed E-state index contributed by atoms with van der Waals surface area (Å²) >= 11 is 0. The Balaban J connectivity index is 1.72. The van der Waals surface area contributed by atoms with E-state index in [2.05, 4.69) is 6.08 Å². The molecule has 4 nitrogen and oxygen atoms in total. The second-order valence-corrected chi connectivity index (χ2v) is 7.73. The molecule has 2 aliphatic carbocycles. The number of ether oxygens (including phenoxy) is 3. The molecule has 132 valence electrons. The second-order valence-electron chi connectivity index (χ2n) is 7.73. The van der Waals surface area contributed by atoms with E-state index in [0.717, 1.165) is 0 Å². The number of hydrogen-bond acceptors (Lipinski definition) is 4. The van der Waals surface area contributed by atoms with Crippen LogP contribution in [-0.4, -0.2) is 55.0 Å². The summed E-state index contributed by atoms with van der Waals surface area (Å²) in [7, 11) is 1.52. The van der Waals surface area contributed by atoms with Crippen LogP contribution < -0.4 is 0 Å². The van der Waals surface area contributed by atoms with E-state index in [4.69, 9.17) is 14.2 Å². The molecule has 1 saturated heterocycles. The van der Waals surface area contributed by atoms with Crippen LogP contribution in [0.25, 0.3) is 0 Å². The van der Waals surface area contributed by atoms with E-state index in [9.17, 15) is 9.50 Å². The fourth-order valence-electron chi connectivity index (χ4n) is 4.47. The number of epoxide rings is 1. The number of hydrogen-bond donors (Lipinski definition) is 1. The van der Waals surface area contributed by atoms with Crippen LogP contribution >= 0.6 is 0 Å². The highest BCUT2D eigenvalue weighted by molar-refractivity contribution is 5.14. The first-order valence-electron chi connectivity index (χ1n) is 8.70. The zero-order chi connectivity index (χ0) is 16.7. The molecule has 0 aromatic rings. The monoisotopic (exact) mass is 328 g/mol. The number of aliphatic hydroxyl groups excluding tert-OH is 1. The van der Waals surface area contributed by atoms with E-state index in [1.165, 1.54) is 38.4 Å². The highest BCUT2D eigenvalue weighted by Crippen LogP contribution is 2.52. The van der Waals surface area contributed by atoms with Crippen LogP contribution in [-0.2, 0) is 14.2 Å². The number of halogens is 1. The maximum Gasteiger partial charge on any atom is 0.131 e. The molecule has 0 aromatic heterocycles. The van der Waals surface area contributed by atoms with Crippen LogP contribution in [0.4, 0.5) is 4.39 Å². The van der Waals surface area contributed by atoms with Crippen LogP contribution in [0.1, 0.15) is 46.0 Å². The molecule has 3 fully saturated rings. The molecular formula is C18H29FO4. The van der Waals surface area contributed by atoms with Gasteiger partial charge in [-0.05, 0) is 39.5 Å². The quantitative estimate of drug-likeness (QED) is 0.623. The Bertz CT molecular complexity index is 450. The van der Waals surface area contributed by atoms with Gasteiger partial charge in [-0.25, -0.2) is 4.39 Å². The van der Waals surface area contributed by atoms with Crippen molar-refractivity contribution in [1.82, 2.24) is 0 Å². The summed E-state index contributed by atoms with van der Waals surface area (Å²) in [6.07, 6.45) is 4.21. The standard InChI is InChI=1S/C18H29FO4/c1-17(2,22-9-8-12-6-4-5-7-12)16-15(21-3)14(20)13(19)10-18(16)11-23-18/h8,13-16,20H,4-7,9-11H2,1-3H3/t13-,14+,15+,16+,18-/m0/s1. The van der Waals surface area contributed by atoms with Gasteiger partial charge in [0.2, 0.25) is 0 Å². The van der Waals surface area contributed by atoms with Crippen molar-refractivity contribution < 1.29 is 23.7 Å². The molecule has 1 spiro atoms. The van der Waals surface area contributed by atoms with Crippen molar-refractivity contribution in [2.24, 2.45) is 5.92 Å². The van der Waals surface area contributed by atoms with Crippen molar-refractivity contribution in [3.8, 4) is 0 Å². The van der Waals surface area contributed by atoms with Gasteiger partial charge in [0.05, 0.1) is 24.9 Å². The minimum Gasteiger partial charge on any atom is -0.387 e. The summed E-state index contributed by atoms with van der Waals surface area (Å²) in [4.78, 5) is 0. The molecule has 0 unspecified atom stereocenters. The first-order chi connectivity index (χ1) is 10.9. The van der Waals surface area contributed by atoms with E-state index in [1.54, 1.807) is 0 Å². The van der Waals surface area contributed by atoms with Gasteiger partial charge in [-0.15, -0.1) is 0 Å². The van der Waals surface area contributed by atoms with Crippen LogP contribution in [0, 0.1) is 5.92 Å². The van der Waals surface area contributed by atoms with Crippen molar-refractivity contribution in [2.75, 3.05) is 20.3 Å². The molecular weight excluding hydrogens is 299 g/mol. The molecule has 1 N–H and O–H groups in total. The minimum absolute atomic E-state index is 0.191. The first kappa shape index (κ1) is 17.3. The normalized spacial score (nSPS) is 40.7. The van der Waals surface area contributed by atoms with Crippen LogP contribution in [0.15, 0.2) is 11.6 Å². The van der Waals surface area contributed by atoms with Gasteiger partial charge in [0.15, 0.2) is 0 Å². The topological polar surface area (TPSA) is 51.2 Å². The zero-order valence-corrected chi connectivity index (χ0v) is 14.4. The van der Waals surface area contributed by atoms with Gasteiger partial charge in [0, 0.05) is 19.4 Å². The Morgan fingerprint density at radius 1 is 1.39 bits per heavy atom. The second kappa shape index (κ2) is 6.43. The maximum atomic E-state index is 14.1. The maximum absolute atomic E-state index is 14.1. The number of alkyl halides is 1. The van der Waals surface area contributed by atoms with Gasteiger partial charge in [0.1, 0.15) is 17.9 Å². The highest BCUT2D eigenvalue weighted by atomic mass is 19.1. The van der Waals surface area contributed by atoms with E-state index >= 15 is 0 Å². The lowest BCUT2D eigenvalue weighted by molar-refractivity contribution is -0.189. The Labute approximate surface area is 138 Å². The lowest BCUT2D eigenvalue weighted by atomic mass is 9.67. The van der Waals surface area contributed by atoms with Crippen LogP contribution in [0.2, 0.25) is 0 Å². The largest absolute Gasteiger partial charge is 0.387 e.